The van der Waals surface area contributed by atoms with Gasteiger partial charge in [0.1, 0.15) is 27.0 Å². The third-order valence-corrected chi connectivity index (χ3v) is 5.11. The Morgan fingerprint density at radius 3 is 2.68 bits per heavy atom. The molecule has 0 spiro atoms. The average Bonchev–Trinajstić information content (AvgIpc) is 3.02. The van der Waals surface area contributed by atoms with E-state index in [0.717, 1.165) is 0 Å². The number of fused-ring (bicyclic) bond motifs is 1. The molecule has 2 aromatic heterocycles. The zero-order chi connectivity index (χ0) is 15.9. The number of nitrogens with one attached hydrogen (secondary N) is 1. The van der Waals surface area contributed by atoms with E-state index in [2.05, 4.69) is 9.88 Å². The van der Waals surface area contributed by atoms with Crippen LogP contribution in [0, 0.1) is 6.92 Å². The van der Waals surface area contributed by atoms with E-state index in [-0.39, 0.29) is 15.8 Å². The highest BCUT2D eigenvalue weighted by Gasteiger charge is 2.27. The zero-order valence-electron chi connectivity index (χ0n) is 11.9. The predicted octanol–water partition coefficient (Wildman–Crippen LogP) is 3.75. The van der Waals surface area contributed by atoms with Crippen molar-refractivity contribution in [1.29, 1.82) is 0 Å². The predicted molar refractivity (Wildman–Crippen MR) is 82.7 cm³/mol. The van der Waals surface area contributed by atoms with Gasteiger partial charge in [-0.1, -0.05) is 35.8 Å². The van der Waals surface area contributed by atoms with Gasteiger partial charge in [0.05, 0.1) is 0 Å². The van der Waals surface area contributed by atoms with E-state index < -0.39 is 10.0 Å². The lowest BCUT2D eigenvalue weighted by molar-refractivity contribution is 0.430. The van der Waals surface area contributed by atoms with Gasteiger partial charge in [-0.25, -0.2) is 13.1 Å². The Labute approximate surface area is 132 Å². The molecule has 3 rings (SSSR count). The Morgan fingerprint density at radius 2 is 2.05 bits per heavy atom. The minimum atomic E-state index is -3.91. The van der Waals surface area contributed by atoms with Crippen LogP contribution in [0.1, 0.15) is 18.4 Å². The van der Waals surface area contributed by atoms with Gasteiger partial charge in [-0.3, -0.25) is 0 Å². The van der Waals surface area contributed by atoms with Crippen molar-refractivity contribution in [2.75, 3.05) is 4.72 Å². The average molecular weight is 341 g/mol. The van der Waals surface area contributed by atoms with Gasteiger partial charge >= 0.3 is 0 Å². The van der Waals surface area contributed by atoms with E-state index in [4.69, 9.17) is 20.5 Å². The summed E-state index contributed by atoms with van der Waals surface area (Å²) in [5.41, 5.74) is 0.923. The number of benzene rings is 1. The second kappa shape index (κ2) is 5.33. The van der Waals surface area contributed by atoms with E-state index in [1.54, 1.807) is 31.2 Å². The summed E-state index contributed by atoms with van der Waals surface area (Å²) >= 11 is 5.96. The van der Waals surface area contributed by atoms with Crippen LogP contribution in [0.2, 0.25) is 5.02 Å². The summed E-state index contributed by atoms with van der Waals surface area (Å²) in [5.74, 6) is 0.271. The molecule has 0 aliphatic carbocycles. The number of nitrogens with zero attached hydrogens (tertiary/aromatic N) is 1. The number of aryl methyl sites for hydroxylation is 2. The number of sulfonamides is 1. The summed E-state index contributed by atoms with van der Waals surface area (Å²) in [6, 6.07) is 6.95. The minimum absolute atomic E-state index is 0.0933. The van der Waals surface area contributed by atoms with Gasteiger partial charge in [0, 0.05) is 11.8 Å². The number of anilines is 1. The summed E-state index contributed by atoms with van der Waals surface area (Å²) in [5, 5.41) is 4.28. The first-order valence-corrected chi connectivity index (χ1v) is 8.45. The monoisotopic (exact) mass is 340 g/mol. The highest BCUT2D eigenvalue weighted by molar-refractivity contribution is 7.93. The van der Waals surface area contributed by atoms with E-state index in [9.17, 15) is 8.42 Å². The first kappa shape index (κ1) is 14.9. The number of halogens is 1. The quantitative estimate of drug-likeness (QED) is 0.781. The number of hydrogen-bond acceptors (Lipinski definition) is 5. The number of furan rings is 1. The molecule has 1 N–H and O–H groups in total. The normalized spacial score (nSPS) is 12.0. The first-order valence-electron chi connectivity index (χ1n) is 6.59. The van der Waals surface area contributed by atoms with Crippen LogP contribution in [0.5, 0.6) is 0 Å². The molecule has 22 heavy (non-hydrogen) atoms. The third kappa shape index (κ3) is 2.36. The Kier molecular flexibility index (Phi) is 3.62. The maximum Gasteiger partial charge on any atom is 0.268 e. The Bertz CT molecular complexity index is 943. The Balaban J connectivity index is 2.15. The highest BCUT2D eigenvalue weighted by atomic mass is 35.5. The van der Waals surface area contributed by atoms with Crippen molar-refractivity contribution in [3.05, 3.63) is 40.7 Å². The Hall–Kier alpha value is -1.99. The molecule has 0 unspecified atom stereocenters. The summed E-state index contributed by atoms with van der Waals surface area (Å²) in [6.45, 7) is 3.44. The largest absolute Gasteiger partial charge is 0.460 e. The number of aromatic nitrogens is 1. The zero-order valence-corrected chi connectivity index (χ0v) is 13.5. The number of hydrogen-bond donors (Lipinski definition) is 1. The van der Waals surface area contributed by atoms with Gasteiger partial charge in [-0.05, 0) is 19.1 Å². The van der Waals surface area contributed by atoms with Crippen molar-refractivity contribution in [1.82, 2.24) is 5.16 Å². The second-order valence-electron chi connectivity index (χ2n) is 4.72. The molecule has 0 saturated heterocycles. The fraction of sp³-hybridized carbons (Fsp3) is 0.214. The summed E-state index contributed by atoms with van der Waals surface area (Å²) in [4.78, 5) is 0.0933. The van der Waals surface area contributed by atoms with Crippen molar-refractivity contribution in [2.24, 2.45) is 0 Å². The van der Waals surface area contributed by atoms with Crippen molar-refractivity contribution in [2.45, 2.75) is 25.2 Å². The van der Waals surface area contributed by atoms with Crippen molar-refractivity contribution < 1.29 is 17.4 Å². The van der Waals surface area contributed by atoms with Crippen LogP contribution in [0.25, 0.3) is 11.0 Å². The van der Waals surface area contributed by atoms with Gasteiger partial charge in [0.25, 0.3) is 15.9 Å². The molecular formula is C14H13ClN2O4S. The van der Waals surface area contributed by atoms with E-state index in [1.165, 1.54) is 0 Å². The minimum Gasteiger partial charge on any atom is -0.460 e. The molecule has 0 aliphatic heterocycles. The molecule has 3 aromatic rings. The van der Waals surface area contributed by atoms with E-state index in [1.807, 2.05) is 6.92 Å². The fourth-order valence-electron chi connectivity index (χ4n) is 2.19. The third-order valence-electron chi connectivity index (χ3n) is 3.23. The van der Waals surface area contributed by atoms with Gasteiger partial charge in [0.15, 0.2) is 0 Å². The van der Waals surface area contributed by atoms with Crippen LogP contribution in [0.15, 0.2) is 38.1 Å². The van der Waals surface area contributed by atoms with Crippen molar-refractivity contribution >= 4 is 38.5 Å². The molecule has 0 aliphatic rings. The van der Waals surface area contributed by atoms with Crippen LogP contribution in [-0.2, 0) is 16.4 Å². The standard InChI is InChI=1S/C14H13ClN2O4S/c1-3-10-13(9-6-4-5-7-11(9)20-10)22(18,19)17-14-12(15)8(2)16-21-14/h4-7,17H,3H2,1-2H3. The lowest BCUT2D eigenvalue weighted by Crippen LogP contribution is -2.14. The fourth-order valence-corrected chi connectivity index (χ4v) is 3.80. The summed E-state index contributed by atoms with van der Waals surface area (Å²) in [7, 11) is -3.91. The van der Waals surface area contributed by atoms with E-state index in [0.29, 0.717) is 28.8 Å². The maximum atomic E-state index is 12.7. The lowest BCUT2D eigenvalue weighted by Gasteiger charge is -2.05. The molecule has 0 atom stereocenters. The molecular weight excluding hydrogens is 328 g/mol. The molecule has 0 amide bonds. The molecule has 0 fully saturated rings. The molecule has 0 bridgehead atoms. The van der Waals surface area contributed by atoms with Crippen molar-refractivity contribution in [3.63, 3.8) is 0 Å². The summed E-state index contributed by atoms with van der Waals surface area (Å²) < 4.78 is 38.2. The summed E-state index contributed by atoms with van der Waals surface area (Å²) in [6.07, 6.45) is 0.439. The van der Waals surface area contributed by atoms with E-state index >= 15 is 0 Å². The first-order chi connectivity index (χ1) is 10.4. The number of rotatable bonds is 4. The second-order valence-corrected chi connectivity index (χ2v) is 6.72. The van der Waals surface area contributed by atoms with Gasteiger partial charge in [-0.15, -0.1) is 0 Å². The van der Waals surface area contributed by atoms with Gasteiger partial charge in [0.2, 0.25) is 0 Å². The molecule has 0 saturated carbocycles. The lowest BCUT2D eigenvalue weighted by atomic mass is 10.2. The SMILES string of the molecule is CCc1oc2ccccc2c1S(=O)(=O)Nc1onc(C)c1Cl. The Morgan fingerprint density at radius 1 is 1.32 bits per heavy atom. The molecule has 8 heteroatoms. The molecule has 2 heterocycles. The smallest absolute Gasteiger partial charge is 0.268 e. The number of para-hydroxylation sites is 1. The van der Waals surface area contributed by atoms with Crippen LogP contribution in [0.4, 0.5) is 5.88 Å². The van der Waals surface area contributed by atoms with Crippen LogP contribution < -0.4 is 4.72 Å². The van der Waals surface area contributed by atoms with Gasteiger partial charge < -0.3 is 8.94 Å². The van der Waals surface area contributed by atoms with Crippen LogP contribution in [0.3, 0.4) is 0 Å². The highest BCUT2D eigenvalue weighted by Crippen LogP contribution is 2.33. The topological polar surface area (TPSA) is 85.3 Å². The molecule has 6 nitrogen and oxygen atoms in total. The molecule has 1 aromatic carbocycles. The molecule has 116 valence electrons. The van der Waals surface area contributed by atoms with Crippen LogP contribution in [-0.4, -0.2) is 13.6 Å². The van der Waals surface area contributed by atoms with Crippen LogP contribution >= 0.6 is 11.6 Å². The van der Waals surface area contributed by atoms with Crippen molar-refractivity contribution in [3.8, 4) is 0 Å². The molecule has 0 radical (unpaired) electrons. The maximum absolute atomic E-state index is 12.7. The van der Waals surface area contributed by atoms with Gasteiger partial charge in [-0.2, -0.15) is 0 Å².